The zero-order chi connectivity index (χ0) is 18.0. The molecule has 1 heterocycles. The Bertz CT molecular complexity index is 967. The molecule has 3 aromatic rings. The second-order valence-corrected chi connectivity index (χ2v) is 5.87. The van der Waals surface area contributed by atoms with Gasteiger partial charge >= 0.3 is 0 Å². The van der Waals surface area contributed by atoms with Gasteiger partial charge in [0.25, 0.3) is 5.69 Å². The summed E-state index contributed by atoms with van der Waals surface area (Å²) in [5, 5.41) is 22.3. The van der Waals surface area contributed by atoms with Crippen LogP contribution >= 0.6 is 15.9 Å². The van der Waals surface area contributed by atoms with Gasteiger partial charge < -0.3 is 9.52 Å². The Kier molecular flexibility index (Phi) is 4.62. The molecule has 0 amide bonds. The van der Waals surface area contributed by atoms with Crippen molar-refractivity contribution in [3.63, 3.8) is 0 Å². The van der Waals surface area contributed by atoms with Gasteiger partial charge in [0.2, 0.25) is 5.89 Å². The highest BCUT2D eigenvalue weighted by atomic mass is 79.9. The van der Waals surface area contributed by atoms with E-state index in [1.165, 1.54) is 30.5 Å². The van der Waals surface area contributed by atoms with Crippen LogP contribution in [-0.4, -0.2) is 9.91 Å². The highest BCUT2D eigenvalue weighted by Crippen LogP contribution is 2.30. The summed E-state index contributed by atoms with van der Waals surface area (Å²) in [6.07, 6.45) is 3.04. The number of halogens is 2. The van der Waals surface area contributed by atoms with Crippen LogP contribution in [0, 0.1) is 15.9 Å². The van der Waals surface area contributed by atoms with Crippen molar-refractivity contribution in [1.29, 1.82) is 0 Å². The van der Waals surface area contributed by atoms with Crippen molar-refractivity contribution in [2.24, 2.45) is 0 Å². The minimum absolute atomic E-state index is 0.244. The van der Waals surface area contributed by atoms with Gasteiger partial charge in [-0.2, -0.15) is 0 Å². The summed E-state index contributed by atoms with van der Waals surface area (Å²) in [5.74, 6) is -0.324. The van der Waals surface area contributed by atoms with E-state index in [1.54, 1.807) is 18.2 Å². The monoisotopic (exact) mass is 403 g/mol. The summed E-state index contributed by atoms with van der Waals surface area (Å²) in [4.78, 5) is 14.2. The SMILES string of the molecule is O=[N+]([O-])c1cc(/C=C(\Br)c2ncc(-c3ccc(F)cc3)o2)ccc1[O-]. The maximum atomic E-state index is 13.0. The Morgan fingerprint density at radius 3 is 2.64 bits per heavy atom. The second-order valence-electron chi connectivity index (χ2n) is 5.01. The van der Waals surface area contributed by atoms with E-state index in [9.17, 15) is 19.6 Å². The summed E-state index contributed by atoms with van der Waals surface area (Å²) < 4.78 is 19.0. The van der Waals surface area contributed by atoms with Gasteiger partial charge in [0.05, 0.1) is 15.6 Å². The molecule has 0 fully saturated rings. The van der Waals surface area contributed by atoms with Crippen molar-refractivity contribution in [1.82, 2.24) is 4.98 Å². The molecule has 2 aromatic carbocycles. The lowest BCUT2D eigenvalue weighted by Gasteiger charge is -2.06. The van der Waals surface area contributed by atoms with Gasteiger partial charge in [-0.3, -0.25) is 10.1 Å². The molecule has 3 rings (SSSR count). The van der Waals surface area contributed by atoms with Gasteiger partial charge in [0.15, 0.2) is 5.76 Å². The maximum absolute atomic E-state index is 13.0. The number of rotatable bonds is 4. The molecular formula is C17H9BrFN2O4-. The fourth-order valence-electron chi connectivity index (χ4n) is 2.11. The van der Waals surface area contributed by atoms with E-state index in [4.69, 9.17) is 4.42 Å². The third kappa shape index (κ3) is 3.74. The molecule has 0 atom stereocenters. The first-order valence-corrected chi connectivity index (χ1v) is 7.78. The molecule has 8 heteroatoms. The van der Waals surface area contributed by atoms with E-state index < -0.39 is 16.4 Å². The van der Waals surface area contributed by atoms with Crippen molar-refractivity contribution >= 4 is 32.2 Å². The van der Waals surface area contributed by atoms with Crippen LogP contribution in [0.5, 0.6) is 5.75 Å². The Balaban J connectivity index is 1.90. The third-order valence-electron chi connectivity index (χ3n) is 3.31. The number of nitro groups is 1. The van der Waals surface area contributed by atoms with E-state index in [0.29, 0.717) is 21.4 Å². The van der Waals surface area contributed by atoms with Crippen molar-refractivity contribution < 1.29 is 18.8 Å². The minimum atomic E-state index is -0.731. The van der Waals surface area contributed by atoms with Crippen LogP contribution in [-0.2, 0) is 0 Å². The zero-order valence-electron chi connectivity index (χ0n) is 12.5. The van der Waals surface area contributed by atoms with Gasteiger partial charge in [0.1, 0.15) is 5.82 Å². The largest absolute Gasteiger partial charge is 0.868 e. The fraction of sp³-hybridized carbons (Fsp3) is 0. The highest BCUT2D eigenvalue weighted by molar-refractivity contribution is 9.15. The predicted octanol–water partition coefficient (Wildman–Crippen LogP) is 4.36. The average Bonchev–Trinajstić information content (AvgIpc) is 3.07. The number of aromatic nitrogens is 1. The molecule has 0 N–H and O–H groups in total. The van der Waals surface area contributed by atoms with Crippen molar-refractivity contribution in [2.45, 2.75) is 0 Å². The number of hydrogen-bond acceptors (Lipinski definition) is 5. The van der Waals surface area contributed by atoms with E-state index in [-0.39, 0.29) is 11.7 Å². The smallest absolute Gasteiger partial charge is 0.262 e. The van der Waals surface area contributed by atoms with Crippen LogP contribution in [0.2, 0.25) is 0 Å². The van der Waals surface area contributed by atoms with Gasteiger partial charge in [-0.15, -0.1) is 0 Å². The lowest BCUT2D eigenvalue weighted by atomic mass is 10.1. The summed E-state index contributed by atoms with van der Waals surface area (Å²) in [6, 6.07) is 9.51. The first-order valence-electron chi connectivity index (χ1n) is 6.99. The number of benzene rings is 2. The molecule has 0 spiro atoms. The molecule has 0 aliphatic carbocycles. The molecule has 0 saturated heterocycles. The molecular weight excluding hydrogens is 395 g/mol. The van der Waals surface area contributed by atoms with Gasteiger partial charge in [-0.25, -0.2) is 9.37 Å². The fourth-order valence-corrected chi connectivity index (χ4v) is 2.55. The predicted molar refractivity (Wildman–Crippen MR) is 91.2 cm³/mol. The van der Waals surface area contributed by atoms with Crippen LogP contribution < -0.4 is 5.11 Å². The van der Waals surface area contributed by atoms with Crippen molar-refractivity contribution in [3.05, 3.63) is 76.0 Å². The van der Waals surface area contributed by atoms with Crippen LogP contribution in [0.15, 0.2) is 53.1 Å². The zero-order valence-corrected chi connectivity index (χ0v) is 14.1. The molecule has 0 aliphatic rings. The summed E-state index contributed by atoms with van der Waals surface area (Å²) >= 11 is 3.30. The standard InChI is InChI=1S/C17H10BrFN2O4/c18-13(7-10-1-6-15(22)14(8-10)21(23)24)17-20-9-16(25-17)11-2-4-12(19)5-3-11/h1-9,22H/p-1/b13-7-. The maximum Gasteiger partial charge on any atom is 0.262 e. The number of oxazole rings is 1. The number of nitrogens with zero attached hydrogens (tertiary/aromatic N) is 2. The second kappa shape index (κ2) is 6.86. The van der Waals surface area contributed by atoms with E-state index >= 15 is 0 Å². The molecule has 1 aromatic heterocycles. The van der Waals surface area contributed by atoms with Crippen molar-refractivity contribution in [3.8, 4) is 17.1 Å². The first-order chi connectivity index (χ1) is 11.9. The quantitative estimate of drug-likeness (QED) is 0.476. The summed E-state index contributed by atoms with van der Waals surface area (Å²) in [6.45, 7) is 0. The average molecular weight is 404 g/mol. The Hall–Kier alpha value is -3.00. The van der Waals surface area contributed by atoms with Gasteiger partial charge in [-0.1, -0.05) is 12.1 Å². The molecule has 126 valence electrons. The Morgan fingerprint density at radius 2 is 1.96 bits per heavy atom. The molecule has 0 saturated carbocycles. The van der Waals surface area contributed by atoms with Crippen LogP contribution in [0.1, 0.15) is 11.5 Å². The Morgan fingerprint density at radius 1 is 1.24 bits per heavy atom. The van der Waals surface area contributed by atoms with Crippen LogP contribution in [0.25, 0.3) is 21.9 Å². The molecule has 6 nitrogen and oxygen atoms in total. The molecule has 0 unspecified atom stereocenters. The topological polar surface area (TPSA) is 92.2 Å². The minimum Gasteiger partial charge on any atom is -0.868 e. The highest BCUT2D eigenvalue weighted by Gasteiger charge is 2.11. The first kappa shape index (κ1) is 16.8. The molecule has 0 bridgehead atoms. The normalized spacial score (nSPS) is 11.5. The Labute approximate surface area is 149 Å². The van der Waals surface area contributed by atoms with Crippen LogP contribution in [0.3, 0.4) is 0 Å². The lowest BCUT2D eigenvalue weighted by Crippen LogP contribution is -1.97. The lowest BCUT2D eigenvalue weighted by molar-refractivity contribution is -0.398. The number of hydrogen-bond donors (Lipinski definition) is 0. The summed E-state index contributed by atoms with van der Waals surface area (Å²) in [5.41, 5.74) is 0.597. The molecule has 25 heavy (non-hydrogen) atoms. The molecule has 0 aliphatic heterocycles. The van der Waals surface area contributed by atoms with E-state index in [1.807, 2.05) is 0 Å². The number of nitro benzene ring substituents is 1. The van der Waals surface area contributed by atoms with E-state index in [2.05, 4.69) is 20.9 Å². The van der Waals surface area contributed by atoms with Crippen molar-refractivity contribution in [2.75, 3.05) is 0 Å². The third-order valence-corrected chi connectivity index (χ3v) is 3.88. The van der Waals surface area contributed by atoms with E-state index in [0.717, 1.165) is 6.07 Å². The van der Waals surface area contributed by atoms with Gasteiger partial charge in [-0.05, 0) is 57.6 Å². The molecule has 0 radical (unpaired) electrons. The van der Waals surface area contributed by atoms with Gasteiger partial charge in [0, 0.05) is 11.6 Å². The van der Waals surface area contributed by atoms with Crippen LogP contribution in [0.4, 0.5) is 10.1 Å². The summed E-state index contributed by atoms with van der Waals surface area (Å²) in [7, 11) is 0.